The molecule has 1 N–H and O–H groups in total. The summed E-state index contributed by atoms with van der Waals surface area (Å²) in [6, 6.07) is 21.9. The van der Waals surface area contributed by atoms with E-state index in [1.54, 1.807) is 6.92 Å². The monoisotopic (exact) mass is 391 g/mol. The molecule has 152 valence electrons. The lowest BCUT2D eigenvalue weighted by Crippen LogP contribution is -2.38. The van der Waals surface area contributed by atoms with E-state index < -0.39 is 6.10 Å². The topological polar surface area (TPSA) is 47.6 Å². The van der Waals surface area contributed by atoms with Gasteiger partial charge in [0.25, 0.3) is 5.91 Å². The van der Waals surface area contributed by atoms with Crippen molar-refractivity contribution in [2.45, 2.75) is 39.2 Å². The van der Waals surface area contributed by atoms with Gasteiger partial charge in [-0.15, -0.1) is 0 Å². The molecule has 0 aliphatic heterocycles. The molecule has 0 aromatic heterocycles. The van der Waals surface area contributed by atoms with E-state index in [9.17, 15) is 4.79 Å². The fourth-order valence-corrected chi connectivity index (χ4v) is 3.08. The maximum absolute atomic E-state index is 12.4. The van der Waals surface area contributed by atoms with Crippen molar-refractivity contribution in [1.29, 1.82) is 0 Å². The lowest BCUT2D eigenvalue weighted by Gasteiger charge is -2.19. The number of fused-ring (bicyclic) bond motifs is 1. The number of hydrogen-bond acceptors (Lipinski definition) is 3. The first-order valence-electron chi connectivity index (χ1n) is 10.00. The second kappa shape index (κ2) is 8.99. The van der Waals surface area contributed by atoms with Crippen LogP contribution in [0.2, 0.25) is 0 Å². The predicted molar refractivity (Wildman–Crippen MR) is 118 cm³/mol. The SMILES string of the molecule is CC(Oc1cccc2ccccc12)C(=O)NCCOc1ccc(C(C)(C)C)cc1. The molecule has 3 aromatic carbocycles. The van der Waals surface area contributed by atoms with Crippen LogP contribution in [0.25, 0.3) is 10.8 Å². The Bertz CT molecular complexity index is 952. The van der Waals surface area contributed by atoms with Crippen molar-refractivity contribution in [3.05, 3.63) is 72.3 Å². The van der Waals surface area contributed by atoms with Gasteiger partial charge in [0.1, 0.15) is 18.1 Å². The molecule has 1 amide bonds. The third-order valence-electron chi connectivity index (χ3n) is 4.81. The number of benzene rings is 3. The van der Waals surface area contributed by atoms with E-state index in [-0.39, 0.29) is 11.3 Å². The van der Waals surface area contributed by atoms with Crippen LogP contribution >= 0.6 is 0 Å². The van der Waals surface area contributed by atoms with Crippen LogP contribution in [-0.4, -0.2) is 25.2 Å². The van der Waals surface area contributed by atoms with Crippen LogP contribution in [0, 0.1) is 0 Å². The summed E-state index contributed by atoms with van der Waals surface area (Å²) >= 11 is 0. The van der Waals surface area contributed by atoms with Crippen molar-refractivity contribution < 1.29 is 14.3 Å². The fraction of sp³-hybridized carbons (Fsp3) is 0.320. The second-order valence-corrected chi connectivity index (χ2v) is 8.15. The molecule has 0 fully saturated rings. The number of carbonyl (C=O) groups excluding carboxylic acids is 1. The summed E-state index contributed by atoms with van der Waals surface area (Å²) < 4.78 is 11.6. The zero-order valence-electron chi connectivity index (χ0n) is 17.6. The Morgan fingerprint density at radius 1 is 0.966 bits per heavy atom. The number of amides is 1. The molecule has 29 heavy (non-hydrogen) atoms. The molecule has 0 radical (unpaired) electrons. The summed E-state index contributed by atoms with van der Waals surface area (Å²) in [5, 5.41) is 4.95. The Labute approximate surface area is 172 Å². The minimum atomic E-state index is -0.591. The van der Waals surface area contributed by atoms with E-state index in [1.165, 1.54) is 5.56 Å². The van der Waals surface area contributed by atoms with E-state index in [4.69, 9.17) is 9.47 Å². The number of ether oxygens (including phenoxy) is 2. The predicted octanol–water partition coefficient (Wildman–Crippen LogP) is 5.10. The van der Waals surface area contributed by atoms with Crippen LogP contribution < -0.4 is 14.8 Å². The molecule has 1 unspecified atom stereocenters. The Hall–Kier alpha value is -3.01. The molecule has 0 heterocycles. The van der Waals surface area contributed by atoms with Crippen molar-refractivity contribution in [3.8, 4) is 11.5 Å². The van der Waals surface area contributed by atoms with Gasteiger partial charge in [-0.1, -0.05) is 69.3 Å². The Morgan fingerprint density at radius 3 is 2.38 bits per heavy atom. The third kappa shape index (κ3) is 5.50. The van der Waals surface area contributed by atoms with Gasteiger partial charge < -0.3 is 14.8 Å². The highest BCUT2D eigenvalue weighted by Crippen LogP contribution is 2.26. The van der Waals surface area contributed by atoms with Gasteiger partial charge in [-0.3, -0.25) is 4.79 Å². The Balaban J connectivity index is 1.47. The molecule has 0 aliphatic rings. The van der Waals surface area contributed by atoms with Gasteiger partial charge >= 0.3 is 0 Å². The van der Waals surface area contributed by atoms with Gasteiger partial charge in [-0.05, 0) is 41.5 Å². The number of rotatable bonds is 7. The van der Waals surface area contributed by atoms with E-state index >= 15 is 0 Å². The first kappa shape index (κ1) is 20.7. The summed E-state index contributed by atoms with van der Waals surface area (Å²) in [4.78, 5) is 12.4. The third-order valence-corrected chi connectivity index (χ3v) is 4.81. The summed E-state index contributed by atoms with van der Waals surface area (Å²) in [5.74, 6) is 1.35. The number of hydrogen-bond donors (Lipinski definition) is 1. The van der Waals surface area contributed by atoms with Gasteiger partial charge in [-0.25, -0.2) is 0 Å². The average Bonchev–Trinajstić information content (AvgIpc) is 2.71. The summed E-state index contributed by atoms with van der Waals surface area (Å²) in [6.45, 7) is 9.12. The largest absolute Gasteiger partial charge is 0.492 e. The van der Waals surface area contributed by atoms with E-state index in [0.717, 1.165) is 16.5 Å². The highest BCUT2D eigenvalue weighted by molar-refractivity contribution is 5.89. The summed E-state index contributed by atoms with van der Waals surface area (Å²) in [7, 11) is 0. The minimum absolute atomic E-state index is 0.118. The van der Waals surface area contributed by atoms with Crippen molar-refractivity contribution >= 4 is 16.7 Å². The van der Waals surface area contributed by atoms with Gasteiger partial charge in [0.15, 0.2) is 6.10 Å². The first-order valence-corrected chi connectivity index (χ1v) is 10.00. The molecule has 0 aliphatic carbocycles. The molecular formula is C25H29NO3. The van der Waals surface area contributed by atoms with Crippen molar-refractivity contribution in [2.75, 3.05) is 13.2 Å². The van der Waals surface area contributed by atoms with Crippen molar-refractivity contribution in [2.24, 2.45) is 0 Å². The highest BCUT2D eigenvalue weighted by Gasteiger charge is 2.16. The van der Waals surface area contributed by atoms with E-state index in [0.29, 0.717) is 18.9 Å². The molecule has 1 atom stereocenters. The maximum atomic E-state index is 12.4. The van der Waals surface area contributed by atoms with Crippen LogP contribution in [-0.2, 0) is 10.2 Å². The standard InChI is InChI=1S/C25H29NO3/c1-18(29-23-11-7-9-19-8-5-6-10-22(19)23)24(27)26-16-17-28-21-14-12-20(13-15-21)25(2,3)4/h5-15,18H,16-17H2,1-4H3,(H,26,27). The molecule has 4 nitrogen and oxygen atoms in total. The summed E-state index contributed by atoms with van der Waals surface area (Å²) in [6.07, 6.45) is -0.591. The normalized spacial score (nSPS) is 12.4. The van der Waals surface area contributed by atoms with Crippen LogP contribution in [0.5, 0.6) is 11.5 Å². The number of nitrogens with one attached hydrogen (secondary N) is 1. The zero-order valence-corrected chi connectivity index (χ0v) is 17.6. The van der Waals surface area contributed by atoms with Crippen molar-refractivity contribution in [1.82, 2.24) is 5.32 Å². The average molecular weight is 392 g/mol. The lowest BCUT2D eigenvalue weighted by atomic mass is 9.87. The van der Waals surface area contributed by atoms with Crippen molar-refractivity contribution in [3.63, 3.8) is 0 Å². The van der Waals surface area contributed by atoms with Crippen LogP contribution in [0.3, 0.4) is 0 Å². The highest BCUT2D eigenvalue weighted by atomic mass is 16.5. The quantitative estimate of drug-likeness (QED) is 0.570. The molecule has 0 bridgehead atoms. The van der Waals surface area contributed by atoms with Gasteiger partial charge in [-0.2, -0.15) is 0 Å². The molecule has 3 rings (SSSR count). The Kier molecular flexibility index (Phi) is 6.42. The fourth-order valence-electron chi connectivity index (χ4n) is 3.08. The molecular weight excluding hydrogens is 362 g/mol. The smallest absolute Gasteiger partial charge is 0.260 e. The summed E-state index contributed by atoms with van der Waals surface area (Å²) in [5.41, 5.74) is 1.38. The maximum Gasteiger partial charge on any atom is 0.260 e. The number of carbonyl (C=O) groups is 1. The van der Waals surface area contributed by atoms with Crippen LogP contribution in [0.15, 0.2) is 66.7 Å². The van der Waals surface area contributed by atoms with Gasteiger partial charge in [0.05, 0.1) is 6.54 Å². The van der Waals surface area contributed by atoms with E-state index in [1.807, 2.05) is 54.6 Å². The first-order chi connectivity index (χ1) is 13.8. The molecule has 3 aromatic rings. The Morgan fingerprint density at radius 2 is 1.66 bits per heavy atom. The van der Waals surface area contributed by atoms with Crippen LogP contribution in [0.1, 0.15) is 33.3 Å². The lowest BCUT2D eigenvalue weighted by molar-refractivity contribution is -0.127. The molecule has 0 saturated carbocycles. The minimum Gasteiger partial charge on any atom is -0.492 e. The van der Waals surface area contributed by atoms with E-state index in [2.05, 4.69) is 38.2 Å². The van der Waals surface area contributed by atoms with Gasteiger partial charge in [0.2, 0.25) is 0 Å². The molecule has 0 spiro atoms. The zero-order chi connectivity index (χ0) is 20.9. The van der Waals surface area contributed by atoms with Crippen LogP contribution in [0.4, 0.5) is 0 Å². The molecule has 4 heteroatoms. The molecule has 0 saturated heterocycles. The second-order valence-electron chi connectivity index (χ2n) is 8.15. The van der Waals surface area contributed by atoms with Gasteiger partial charge in [0, 0.05) is 5.39 Å².